The molecule has 2 heterocycles. The molecule has 3 N–H and O–H groups in total. The zero-order valence-corrected chi connectivity index (χ0v) is 12.1. The Balaban J connectivity index is 1.91. The van der Waals surface area contributed by atoms with Gasteiger partial charge in [-0.05, 0) is 31.7 Å². The molecule has 0 amide bonds. The van der Waals surface area contributed by atoms with E-state index in [1.165, 1.54) is 10.7 Å². The van der Waals surface area contributed by atoms with Crippen molar-refractivity contribution in [2.24, 2.45) is 5.92 Å². The summed E-state index contributed by atoms with van der Waals surface area (Å²) in [6.07, 6.45) is 7.71. The Morgan fingerprint density at radius 1 is 1.27 bits per heavy atom. The van der Waals surface area contributed by atoms with Gasteiger partial charge < -0.3 is 15.5 Å². The Hall–Kier alpha value is -2.57. The summed E-state index contributed by atoms with van der Waals surface area (Å²) >= 11 is 0. The first-order chi connectivity index (χ1) is 10.6. The number of imidazole rings is 1. The number of pyridine rings is 1. The predicted molar refractivity (Wildman–Crippen MR) is 80.3 cm³/mol. The van der Waals surface area contributed by atoms with Crippen molar-refractivity contribution in [1.29, 1.82) is 0 Å². The Morgan fingerprint density at radius 3 is 2.59 bits per heavy atom. The van der Waals surface area contributed by atoms with Crippen molar-refractivity contribution in [2.45, 2.75) is 31.6 Å². The van der Waals surface area contributed by atoms with E-state index in [0.29, 0.717) is 12.8 Å². The van der Waals surface area contributed by atoms with Crippen LogP contribution < -0.4 is 11.4 Å². The maximum absolute atomic E-state index is 12.1. The molecule has 2 aromatic heterocycles. The van der Waals surface area contributed by atoms with Crippen LogP contribution in [0, 0.1) is 5.92 Å². The van der Waals surface area contributed by atoms with Gasteiger partial charge in [0.25, 0.3) is 5.56 Å². The SMILES string of the molecule is Nn1c(C2CCC(C(=O)O)CC2)cc(-n2ccnc2)cc1=O. The van der Waals surface area contributed by atoms with E-state index in [1.54, 1.807) is 23.3 Å². The van der Waals surface area contributed by atoms with E-state index in [2.05, 4.69) is 4.98 Å². The molecule has 1 fully saturated rings. The number of nitrogens with zero attached hydrogens (tertiary/aromatic N) is 3. The number of carbonyl (C=O) groups is 1. The normalized spacial score (nSPS) is 21.6. The summed E-state index contributed by atoms with van der Waals surface area (Å²) in [6.45, 7) is 0. The molecule has 0 unspecified atom stereocenters. The van der Waals surface area contributed by atoms with Crippen molar-refractivity contribution >= 4 is 5.97 Å². The molecule has 2 aromatic rings. The minimum absolute atomic E-state index is 0.108. The highest BCUT2D eigenvalue weighted by Crippen LogP contribution is 2.35. The Labute approximate surface area is 127 Å². The van der Waals surface area contributed by atoms with Gasteiger partial charge in [-0.15, -0.1) is 0 Å². The molecule has 7 heteroatoms. The van der Waals surface area contributed by atoms with E-state index in [0.717, 1.165) is 24.2 Å². The van der Waals surface area contributed by atoms with Gasteiger partial charge in [0.2, 0.25) is 0 Å². The first-order valence-corrected chi connectivity index (χ1v) is 7.29. The number of carboxylic acids is 1. The molecule has 116 valence electrons. The molecule has 3 rings (SSSR count). The third kappa shape index (κ3) is 2.61. The van der Waals surface area contributed by atoms with Crippen molar-refractivity contribution in [3.63, 3.8) is 0 Å². The van der Waals surface area contributed by atoms with Crippen LogP contribution in [-0.4, -0.2) is 25.3 Å². The van der Waals surface area contributed by atoms with Crippen LogP contribution in [0.5, 0.6) is 0 Å². The van der Waals surface area contributed by atoms with Crippen molar-refractivity contribution in [1.82, 2.24) is 14.2 Å². The minimum Gasteiger partial charge on any atom is -0.481 e. The molecule has 1 aliphatic carbocycles. The van der Waals surface area contributed by atoms with Crippen LogP contribution in [-0.2, 0) is 4.79 Å². The van der Waals surface area contributed by atoms with Crippen LogP contribution in [0.3, 0.4) is 0 Å². The fourth-order valence-corrected chi connectivity index (χ4v) is 3.10. The molecule has 1 aliphatic rings. The molecule has 0 atom stereocenters. The van der Waals surface area contributed by atoms with Crippen LogP contribution in [0.25, 0.3) is 5.69 Å². The fraction of sp³-hybridized carbons (Fsp3) is 0.400. The minimum atomic E-state index is -0.740. The average molecular weight is 302 g/mol. The van der Waals surface area contributed by atoms with Gasteiger partial charge in [0.1, 0.15) is 0 Å². The predicted octanol–water partition coefficient (Wildman–Crippen LogP) is 1.11. The van der Waals surface area contributed by atoms with Crippen molar-refractivity contribution in [3.05, 3.63) is 46.9 Å². The van der Waals surface area contributed by atoms with Gasteiger partial charge in [0, 0.05) is 30.1 Å². The van der Waals surface area contributed by atoms with E-state index in [-0.39, 0.29) is 17.4 Å². The van der Waals surface area contributed by atoms with Crippen LogP contribution in [0.4, 0.5) is 0 Å². The Kier molecular flexibility index (Phi) is 3.70. The third-order valence-corrected chi connectivity index (χ3v) is 4.38. The molecule has 0 spiro atoms. The number of carboxylic acid groups (broad SMARTS) is 1. The van der Waals surface area contributed by atoms with Gasteiger partial charge >= 0.3 is 5.97 Å². The molecule has 0 aliphatic heterocycles. The smallest absolute Gasteiger partial charge is 0.306 e. The monoisotopic (exact) mass is 302 g/mol. The molecule has 0 saturated heterocycles. The molecule has 0 bridgehead atoms. The van der Waals surface area contributed by atoms with E-state index in [4.69, 9.17) is 10.9 Å². The number of nitrogen functional groups attached to an aromatic ring is 1. The van der Waals surface area contributed by atoms with Gasteiger partial charge in [-0.1, -0.05) is 0 Å². The number of aromatic nitrogens is 3. The van der Waals surface area contributed by atoms with Crippen LogP contribution in [0.15, 0.2) is 35.6 Å². The summed E-state index contributed by atoms with van der Waals surface area (Å²) < 4.78 is 2.93. The number of nitrogens with two attached hydrogens (primary N) is 1. The largest absolute Gasteiger partial charge is 0.481 e. The summed E-state index contributed by atoms with van der Waals surface area (Å²) in [7, 11) is 0. The Bertz CT molecular complexity index is 728. The quantitative estimate of drug-likeness (QED) is 0.827. The third-order valence-electron chi connectivity index (χ3n) is 4.38. The number of aliphatic carboxylic acids is 1. The first-order valence-electron chi connectivity index (χ1n) is 7.29. The van der Waals surface area contributed by atoms with Crippen molar-refractivity contribution in [2.75, 3.05) is 5.84 Å². The van der Waals surface area contributed by atoms with E-state index in [1.807, 2.05) is 6.07 Å². The van der Waals surface area contributed by atoms with Gasteiger partial charge in [-0.2, -0.15) is 0 Å². The van der Waals surface area contributed by atoms with E-state index < -0.39 is 5.97 Å². The zero-order valence-electron chi connectivity index (χ0n) is 12.1. The summed E-state index contributed by atoms with van der Waals surface area (Å²) in [5.41, 5.74) is 1.20. The first kappa shape index (κ1) is 14.4. The van der Waals surface area contributed by atoms with Crippen LogP contribution >= 0.6 is 0 Å². The summed E-state index contributed by atoms with van der Waals surface area (Å²) in [4.78, 5) is 27.1. The van der Waals surface area contributed by atoms with Crippen molar-refractivity contribution in [3.8, 4) is 5.69 Å². The molecule has 7 nitrogen and oxygen atoms in total. The van der Waals surface area contributed by atoms with Crippen LogP contribution in [0.1, 0.15) is 37.3 Å². The lowest BCUT2D eigenvalue weighted by molar-refractivity contribution is -0.142. The number of rotatable bonds is 3. The Morgan fingerprint density at radius 2 is 2.00 bits per heavy atom. The number of hydrogen-bond acceptors (Lipinski definition) is 4. The lowest BCUT2D eigenvalue weighted by Crippen LogP contribution is -2.33. The van der Waals surface area contributed by atoms with Crippen molar-refractivity contribution < 1.29 is 9.90 Å². The lowest BCUT2D eigenvalue weighted by atomic mass is 9.80. The molecular formula is C15H18N4O3. The maximum Gasteiger partial charge on any atom is 0.306 e. The second-order valence-corrected chi connectivity index (χ2v) is 5.70. The second kappa shape index (κ2) is 5.67. The van der Waals surface area contributed by atoms with Gasteiger partial charge in [0.05, 0.1) is 17.9 Å². The van der Waals surface area contributed by atoms with E-state index in [9.17, 15) is 9.59 Å². The van der Waals surface area contributed by atoms with Gasteiger partial charge in [0.15, 0.2) is 0 Å². The summed E-state index contributed by atoms with van der Waals surface area (Å²) in [5, 5.41) is 9.07. The van der Waals surface area contributed by atoms with Gasteiger partial charge in [-0.3, -0.25) is 9.59 Å². The highest BCUT2D eigenvalue weighted by atomic mass is 16.4. The molecule has 22 heavy (non-hydrogen) atoms. The summed E-state index contributed by atoms with van der Waals surface area (Å²) in [5.74, 6) is 4.98. The zero-order chi connectivity index (χ0) is 15.7. The maximum atomic E-state index is 12.1. The van der Waals surface area contributed by atoms with Gasteiger partial charge in [-0.25, -0.2) is 9.66 Å². The summed E-state index contributed by atoms with van der Waals surface area (Å²) in [6, 6.07) is 3.35. The average Bonchev–Trinajstić information content (AvgIpc) is 3.04. The molecule has 0 aromatic carbocycles. The molecular weight excluding hydrogens is 284 g/mol. The highest BCUT2D eigenvalue weighted by molar-refractivity contribution is 5.70. The fourth-order valence-electron chi connectivity index (χ4n) is 3.10. The second-order valence-electron chi connectivity index (χ2n) is 5.70. The van der Waals surface area contributed by atoms with Crippen LogP contribution in [0.2, 0.25) is 0 Å². The van der Waals surface area contributed by atoms with E-state index >= 15 is 0 Å². The molecule has 0 radical (unpaired) electrons. The highest BCUT2D eigenvalue weighted by Gasteiger charge is 2.28. The standard InChI is InChI=1S/C15H18N4O3/c16-19-13(10-1-3-11(4-2-10)15(21)22)7-12(8-14(19)20)18-6-5-17-9-18/h5-11H,1-4,16H2,(H,21,22). The molecule has 1 saturated carbocycles. The topological polar surface area (TPSA) is 103 Å². The number of hydrogen-bond donors (Lipinski definition) is 2. The lowest BCUT2D eigenvalue weighted by Gasteiger charge is -2.27.